The van der Waals surface area contributed by atoms with E-state index in [1.54, 1.807) is 0 Å². The number of rotatable bonds is 3. The van der Waals surface area contributed by atoms with Crippen molar-refractivity contribution >= 4 is 0 Å². The van der Waals surface area contributed by atoms with Crippen molar-refractivity contribution in [3.63, 3.8) is 0 Å². The third-order valence-corrected chi connectivity index (χ3v) is 12.5. The molecule has 5 aliphatic rings. The molecule has 0 saturated heterocycles. The average Bonchev–Trinajstić information content (AvgIpc) is 3.26. The minimum absolute atomic E-state index is 0.147. The minimum Gasteiger partial charge on any atom is -0.393 e. The summed E-state index contributed by atoms with van der Waals surface area (Å²) in [4.78, 5) is 0. The first-order valence-electron chi connectivity index (χ1n) is 12.6. The van der Waals surface area contributed by atoms with Crippen molar-refractivity contribution in [1.82, 2.24) is 10.6 Å². The Hall–Kier alpha value is -0.120. The van der Waals surface area contributed by atoms with Crippen LogP contribution < -0.4 is 10.6 Å². The Bertz CT molecular complexity index is 692. The zero-order chi connectivity index (χ0) is 21.0. The predicted octanol–water partition coefficient (Wildman–Crippen LogP) is 4.59. The van der Waals surface area contributed by atoms with E-state index in [0.29, 0.717) is 39.7 Å². The molecule has 0 radical (unpaired) electrons. The second kappa shape index (κ2) is 6.01. The zero-order valence-corrected chi connectivity index (χ0v) is 20.1. The van der Waals surface area contributed by atoms with Gasteiger partial charge in [-0.2, -0.15) is 0 Å². The molecule has 10 atom stereocenters. The molecule has 3 nitrogen and oxygen atoms in total. The summed E-state index contributed by atoms with van der Waals surface area (Å²) in [6, 6.07) is 1.06. The maximum Gasteiger partial charge on any atom is 0.0594 e. The van der Waals surface area contributed by atoms with Crippen molar-refractivity contribution < 1.29 is 5.11 Å². The number of hydrogen-bond acceptors (Lipinski definition) is 3. The minimum atomic E-state index is -0.147. The molecule has 2 spiro atoms. The molecule has 3 heteroatoms. The van der Waals surface area contributed by atoms with E-state index >= 15 is 0 Å². The van der Waals surface area contributed by atoms with Gasteiger partial charge in [-0.3, -0.25) is 0 Å². The normalized spacial score (nSPS) is 58.6. The molecule has 5 fully saturated rings. The summed E-state index contributed by atoms with van der Waals surface area (Å²) in [7, 11) is 4.25. The smallest absolute Gasteiger partial charge is 0.0594 e. The second-order valence-electron chi connectivity index (χ2n) is 13.1. The van der Waals surface area contributed by atoms with Gasteiger partial charge in [0.25, 0.3) is 0 Å². The molecule has 5 rings (SSSR count). The molecule has 0 heterocycles. The van der Waals surface area contributed by atoms with Crippen LogP contribution in [0.1, 0.15) is 86.0 Å². The van der Waals surface area contributed by atoms with Crippen molar-refractivity contribution in [2.75, 3.05) is 14.1 Å². The van der Waals surface area contributed by atoms with Crippen LogP contribution in [0.25, 0.3) is 0 Å². The number of aliphatic hydroxyl groups excluding tert-OH is 1. The summed E-state index contributed by atoms with van der Waals surface area (Å²) in [5.74, 6) is 2.08. The highest BCUT2D eigenvalue weighted by Crippen LogP contribution is 2.88. The monoisotopic (exact) mass is 402 g/mol. The second-order valence-corrected chi connectivity index (χ2v) is 13.1. The van der Waals surface area contributed by atoms with E-state index < -0.39 is 0 Å². The van der Waals surface area contributed by atoms with Crippen LogP contribution >= 0.6 is 0 Å². The molecule has 5 saturated carbocycles. The first-order chi connectivity index (χ1) is 13.5. The topological polar surface area (TPSA) is 44.3 Å². The van der Waals surface area contributed by atoms with Gasteiger partial charge in [0.2, 0.25) is 0 Å². The van der Waals surface area contributed by atoms with Crippen molar-refractivity contribution in [2.45, 2.75) is 104 Å². The van der Waals surface area contributed by atoms with E-state index in [1.807, 2.05) is 0 Å². The zero-order valence-electron chi connectivity index (χ0n) is 20.1. The fraction of sp³-hybridized carbons (Fsp3) is 1.00. The molecule has 5 aliphatic carbocycles. The van der Waals surface area contributed by atoms with Crippen LogP contribution in [0.3, 0.4) is 0 Å². The molecule has 0 unspecified atom stereocenters. The van der Waals surface area contributed by atoms with Crippen molar-refractivity contribution in [3.8, 4) is 0 Å². The fourth-order valence-electron chi connectivity index (χ4n) is 11.1. The maximum atomic E-state index is 11.3. The van der Waals surface area contributed by atoms with Gasteiger partial charge in [0.1, 0.15) is 0 Å². The fourth-order valence-corrected chi connectivity index (χ4v) is 11.1. The van der Waals surface area contributed by atoms with Gasteiger partial charge in [-0.1, -0.05) is 27.7 Å². The van der Waals surface area contributed by atoms with Crippen LogP contribution in [-0.4, -0.2) is 37.4 Å². The molecule has 29 heavy (non-hydrogen) atoms. The Morgan fingerprint density at radius 2 is 1.52 bits per heavy atom. The lowest BCUT2D eigenvalue weighted by molar-refractivity contribution is -0.144. The summed E-state index contributed by atoms with van der Waals surface area (Å²) >= 11 is 0. The van der Waals surface area contributed by atoms with Crippen LogP contribution in [0.15, 0.2) is 0 Å². The first-order valence-corrected chi connectivity index (χ1v) is 12.6. The average molecular weight is 403 g/mol. The van der Waals surface area contributed by atoms with Crippen LogP contribution in [0.4, 0.5) is 0 Å². The quantitative estimate of drug-likeness (QED) is 0.647. The highest BCUT2D eigenvalue weighted by atomic mass is 16.3. The Labute approximate surface area is 179 Å². The largest absolute Gasteiger partial charge is 0.393 e. The van der Waals surface area contributed by atoms with Crippen molar-refractivity contribution in [3.05, 3.63) is 0 Å². The van der Waals surface area contributed by atoms with Gasteiger partial charge in [-0.15, -0.1) is 0 Å². The van der Waals surface area contributed by atoms with E-state index in [1.165, 1.54) is 44.9 Å². The van der Waals surface area contributed by atoms with E-state index in [-0.39, 0.29) is 11.5 Å². The molecule has 0 amide bonds. The highest BCUT2D eigenvalue weighted by Gasteiger charge is 2.82. The summed E-state index contributed by atoms with van der Waals surface area (Å²) in [6.45, 7) is 12.6. The third-order valence-electron chi connectivity index (χ3n) is 12.5. The summed E-state index contributed by atoms with van der Waals surface area (Å²) < 4.78 is 0. The Balaban J connectivity index is 1.52. The molecule has 0 aromatic heterocycles. The lowest BCUT2D eigenvalue weighted by Gasteiger charge is -2.63. The molecule has 0 aromatic rings. The number of fused-ring (bicyclic) bond motifs is 2. The van der Waals surface area contributed by atoms with Gasteiger partial charge in [0.05, 0.1) is 6.10 Å². The van der Waals surface area contributed by atoms with E-state index in [2.05, 4.69) is 59.3 Å². The van der Waals surface area contributed by atoms with Crippen molar-refractivity contribution in [1.29, 1.82) is 0 Å². The molecule has 3 N–H and O–H groups in total. The molecule has 0 bridgehead atoms. The van der Waals surface area contributed by atoms with Gasteiger partial charge in [-0.05, 0) is 111 Å². The van der Waals surface area contributed by atoms with E-state index in [0.717, 1.165) is 18.3 Å². The van der Waals surface area contributed by atoms with Gasteiger partial charge in [0, 0.05) is 18.0 Å². The number of aliphatic hydroxyl groups is 1. The molecule has 0 aromatic carbocycles. The van der Waals surface area contributed by atoms with E-state index in [9.17, 15) is 5.11 Å². The van der Waals surface area contributed by atoms with Crippen LogP contribution in [0.5, 0.6) is 0 Å². The number of hydrogen-bond donors (Lipinski definition) is 3. The molecule has 0 aliphatic heterocycles. The lowest BCUT2D eigenvalue weighted by Crippen LogP contribution is -2.59. The van der Waals surface area contributed by atoms with Crippen LogP contribution in [0, 0.1) is 44.8 Å². The summed E-state index contributed by atoms with van der Waals surface area (Å²) in [5.41, 5.74) is 2.14. The Morgan fingerprint density at radius 3 is 2.17 bits per heavy atom. The van der Waals surface area contributed by atoms with Crippen molar-refractivity contribution in [2.24, 2.45) is 44.8 Å². The molecular weight excluding hydrogens is 356 g/mol. The van der Waals surface area contributed by atoms with Gasteiger partial charge < -0.3 is 15.7 Å². The Morgan fingerprint density at radius 1 is 0.862 bits per heavy atom. The molecular formula is C26H46N2O. The third kappa shape index (κ3) is 2.16. The maximum absolute atomic E-state index is 11.3. The van der Waals surface area contributed by atoms with Gasteiger partial charge in [-0.25, -0.2) is 0 Å². The lowest BCUT2D eigenvalue weighted by atomic mass is 9.42. The highest BCUT2D eigenvalue weighted by molar-refractivity contribution is 5.31. The summed E-state index contributed by atoms with van der Waals surface area (Å²) in [6.07, 6.45) is 10.7. The Kier molecular flexibility index (Phi) is 4.31. The van der Waals surface area contributed by atoms with E-state index in [4.69, 9.17) is 0 Å². The summed E-state index contributed by atoms with van der Waals surface area (Å²) in [5, 5.41) is 18.4. The first kappa shape index (κ1) is 20.8. The van der Waals surface area contributed by atoms with Gasteiger partial charge >= 0.3 is 0 Å². The standard InChI is InChI=1S/C26H46N2O/c1-16(27-6)21-17(29)14-24(5)19-9-8-18-22(2,3)20(28-7)10-11-25(18)15-26(19,25)13-12-23(21,24)4/h16-21,27-29H,8-15H2,1-7H3/t16-,17+,18-,19+,20-,21-,23+,24-,25-,26+/m0/s1. The number of nitrogens with one attached hydrogen (secondary N) is 2. The molecule has 166 valence electrons. The predicted molar refractivity (Wildman–Crippen MR) is 120 cm³/mol. The SMILES string of the molecule is CN[C@@H](C)[C@H]1[C@H](O)C[C@@]2(C)[C@H]3CC[C@H]4C(C)(C)[C@@H](NC)CC[C@]45C[C@]35CC[C@]12C. The van der Waals surface area contributed by atoms with Crippen LogP contribution in [0.2, 0.25) is 0 Å². The van der Waals surface area contributed by atoms with Crippen LogP contribution in [-0.2, 0) is 0 Å². The van der Waals surface area contributed by atoms with Gasteiger partial charge in [0.15, 0.2) is 0 Å².